The topological polar surface area (TPSA) is 0 Å². The van der Waals surface area contributed by atoms with Gasteiger partial charge in [0, 0.05) is 22.4 Å². The zero-order valence-corrected chi connectivity index (χ0v) is 18.0. The molecule has 0 saturated carbocycles. The van der Waals surface area contributed by atoms with E-state index in [1.54, 1.807) is 0 Å². The smallest absolute Gasteiger partial charge is 0 e. The third-order valence-corrected chi connectivity index (χ3v) is 6.32. The predicted molar refractivity (Wildman–Crippen MR) is 107 cm³/mol. The summed E-state index contributed by atoms with van der Waals surface area (Å²) in [4.78, 5) is 0. The van der Waals surface area contributed by atoms with Crippen molar-refractivity contribution in [3.63, 3.8) is 0 Å². The largest absolute Gasteiger partial charge is 0.147 e. The fraction of sp³-hybridized carbons (Fsp3) is 0.143. The molecule has 0 N–H and O–H groups in total. The first kappa shape index (κ1) is 21.2. The summed E-state index contributed by atoms with van der Waals surface area (Å²) in [7, 11) is -0.483. The molecule has 3 heteroatoms. The Kier molecular flexibility index (Phi) is 8.43. The van der Waals surface area contributed by atoms with Crippen LogP contribution in [0.1, 0.15) is 16.7 Å². The quantitative estimate of drug-likeness (QED) is 0.333. The minimum Gasteiger partial charge on any atom is -0.147 e. The molecule has 0 spiro atoms. The van der Waals surface area contributed by atoms with Crippen molar-refractivity contribution in [1.29, 1.82) is 0 Å². The summed E-state index contributed by atoms with van der Waals surface area (Å²) in [5.74, 6) is 0. The zero-order valence-electron chi connectivity index (χ0n) is 14.1. The Hall–Kier alpha value is -0.880. The summed E-state index contributed by atoms with van der Waals surface area (Å²) in [5.41, 5.74) is 3.93. The van der Waals surface area contributed by atoms with Gasteiger partial charge < -0.3 is 0 Å². The molecule has 0 aromatic heterocycles. The first-order chi connectivity index (χ1) is 10.6. The molecule has 0 heterocycles. The zero-order chi connectivity index (χ0) is 15.5. The fourth-order valence-corrected chi connectivity index (χ4v) is 4.76. The van der Waals surface area contributed by atoms with Gasteiger partial charge in [0.2, 0.25) is 0 Å². The molecule has 24 heavy (non-hydrogen) atoms. The first-order valence-corrected chi connectivity index (χ1v) is 8.98. The fourth-order valence-electron chi connectivity index (χ4n) is 2.53. The molecule has 0 bridgehead atoms. The van der Waals surface area contributed by atoms with E-state index in [4.69, 9.17) is 0 Å². The maximum atomic E-state index is 2.28. The van der Waals surface area contributed by atoms with Crippen LogP contribution in [0.2, 0.25) is 0 Å². The van der Waals surface area contributed by atoms with Crippen molar-refractivity contribution in [3.8, 4) is 0 Å². The van der Waals surface area contributed by atoms with E-state index in [1.165, 1.54) is 32.6 Å². The number of benzene rings is 3. The molecule has 1 radical (unpaired) electrons. The molecule has 0 aliphatic heterocycles. The van der Waals surface area contributed by atoms with Crippen LogP contribution >= 0.6 is 20.3 Å². The maximum absolute atomic E-state index is 2.28. The summed E-state index contributed by atoms with van der Waals surface area (Å²) < 4.78 is 0. The maximum Gasteiger partial charge on any atom is 0 e. The molecular weight excluding hydrogens is 516 g/mol. The van der Waals surface area contributed by atoms with Gasteiger partial charge >= 0.3 is 0 Å². The van der Waals surface area contributed by atoms with Gasteiger partial charge in [0.15, 0.2) is 0 Å². The molecule has 0 saturated heterocycles. The second kappa shape index (κ2) is 9.56. The van der Waals surface area contributed by atoms with E-state index < -0.39 is 7.92 Å². The molecule has 0 unspecified atom stereocenters. The van der Waals surface area contributed by atoms with E-state index in [0.717, 1.165) is 0 Å². The van der Waals surface area contributed by atoms with Crippen LogP contribution in [0.3, 0.4) is 0 Å². The second-order valence-electron chi connectivity index (χ2n) is 5.84. The average molecular weight is 538 g/mol. The Balaban J connectivity index is 0.00000144. The summed E-state index contributed by atoms with van der Waals surface area (Å²) >= 11 is 0. The number of rotatable bonds is 3. The van der Waals surface area contributed by atoms with Gasteiger partial charge in [-0.15, -0.1) is 12.4 Å². The van der Waals surface area contributed by atoms with Crippen LogP contribution in [0.4, 0.5) is 0 Å². The van der Waals surface area contributed by atoms with E-state index in [0.29, 0.717) is 0 Å². The van der Waals surface area contributed by atoms with Crippen LogP contribution in [-0.4, -0.2) is 0 Å². The molecule has 3 rings (SSSR count). The monoisotopic (exact) mass is 537 g/mol. The van der Waals surface area contributed by atoms with Crippen molar-refractivity contribution in [2.75, 3.05) is 0 Å². The van der Waals surface area contributed by atoms with E-state index in [-0.39, 0.29) is 34.8 Å². The minimum atomic E-state index is -0.483. The molecule has 0 aliphatic carbocycles. The van der Waals surface area contributed by atoms with E-state index >= 15 is 0 Å². The van der Waals surface area contributed by atoms with Gasteiger partial charge in [-0.2, -0.15) is 0 Å². The molecule has 0 fully saturated rings. The molecular formula is C21H22AuClP. The first-order valence-electron chi connectivity index (χ1n) is 7.63. The van der Waals surface area contributed by atoms with Gasteiger partial charge in [-0.05, 0) is 44.6 Å². The van der Waals surface area contributed by atoms with Crippen LogP contribution in [0.25, 0.3) is 0 Å². The van der Waals surface area contributed by atoms with Crippen molar-refractivity contribution in [1.82, 2.24) is 0 Å². The van der Waals surface area contributed by atoms with Gasteiger partial charge in [-0.1, -0.05) is 89.5 Å². The Morgan fingerprint density at radius 2 is 0.667 bits per heavy atom. The average Bonchev–Trinajstić information content (AvgIpc) is 2.53. The molecule has 3 aromatic rings. The summed E-state index contributed by atoms with van der Waals surface area (Å²) in [6.07, 6.45) is 0. The van der Waals surface area contributed by atoms with E-state index in [9.17, 15) is 0 Å². The number of aryl methyl sites for hydroxylation is 3. The van der Waals surface area contributed by atoms with Crippen molar-refractivity contribution < 1.29 is 22.4 Å². The minimum absolute atomic E-state index is 0. The van der Waals surface area contributed by atoms with Crippen molar-refractivity contribution in [2.24, 2.45) is 0 Å². The van der Waals surface area contributed by atoms with Gasteiger partial charge in [0.05, 0.1) is 0 Å². The SMILES string of the molecule is Cc1ccc(P(c2ccc(C)cc2)c2ccc(C)cc2)cc1.Cl.[Au]. The van der Waals surface area contributed by atoms with Crippen molar-refractivity contribution >= 4 is 36.2 Å². The van der Waals surface area contributed by atoms with Crippen LogP contribution in [-0.2, 0) is 22.4 Å². The van der Waals surface area contributed by atoms with Crippen molar-refractivity contribution in [3.05, 3.63) is 89.5 Å². The number of halogens is 1. The molecule has 129 valence electrons. The number of hydrogen-bond acceptors (Lipinski definition) is 0. The van der Waals surface area contributed by atoms with Gasteiger partial charge in [0.1, 0.15) is 0 Å². The molecule has 0 aliphatic rings. The molecule has 0 atom stereocenters. The predicted octanol–water partition coefficient (Wildman–Crippen LogP) is 4.79. The molecule has 3 aromatic carbocycles. The normalized spacial score (nSPS) is 10.0. The van der Waals surface area contributed by atoms with Gasteiger partial charge in [-0.25, -0.2) is 0 Å². The molecule has 0 amide bonds. The Labute approximate surface area is 168 Å². The summed E-state index contributed by atoms with van der Waals surface area (Å²) in [6.45, 7) is 6.43. The molecule has 0 nitrogen and oxygen atoms in total. The third-order valence-electron chi connectivity index (χ3n) is 3.88. The van der Waals surface area contributed by atoms with Gasteiger partial charge in [0.25, 0.3) is 0 Å². The summed E-state index contributed by atoms with van der Waals surface area (Å²) in [5, 5.41) is 4.23. The number of hydrogen-bond donors (Lipinski definition) is 0. The third kappa shape index (κ3) is 5.06. The summed E-state index contributed by atoms with van der Waals surface area (Å²) in [6, 6.07) is 27.0. The Morgan fingerprint density at radius 1 is 0.458 bits per heavy atom. The van der Waals surface area contributed by atoms with Crippen LogP contribution in [0, 0.1) is 20.8 Å². The van der Waals surface area contributed by atoms with Gasteiger partial charge in [-0.3, -0.25) is 0 Å². The van der Waals surface area contributed by atoms with Crippen LogP contribution in [0.15, 0.2) is 72.8 Å². The van der Waals surface area contributed by atoms with E-state index in [2.05, 4.69) is 93.6 Å². The van der Waals surface area contributed by atoms with Crippen LogP contribution in [0.5, 0.6) is 0 Å². The Bertz CT molecular complexity index is 641. The van der Waals surface area contributed by atoms with E-state index in [1.807, 2.05) is 0 Å². The Morgan fingerprint density at radius 3 is 0.875 bits per heavy atom. The standard InChI is InChI=1S/C21H21P.Au.ClH/c1-16-4-10-19(11-5-16)22(20-12-6-17(2)7-13-20)21-14-8-18(3)9-15-21;;/h4-15H,1-3H3;;1H. The second-order valence-corrected chi connectivity index (χ2v) is 8.06. The van der Waals surface area contributed by atoms with Crippen LogP contribution < -0.4 is 15.9 Å². The van der Waals surface area contributed by atoms with Crippen molar-refractivity contribution in [2.45, 2.75) is 20.8 Å².